The summed E-state index contributed by atoms with van der Waals surface area (Å²) in [6.45, 7) is 1.71. The molecular weight excluding hydrogens is 486 g/mol. The summed E-state index contributed by atoms with van der Waals surface area (Å²) in [6, 6.07) is 11.9. The predicted octanol–water partition coefficient (Wildman–Crippen LogP) is 5.15. The Balaban J connectivity index is 1.43. The van der Waals surface area contributed by atoms with Crippen molar-refractivity contribution >= 4 is 17.3 Å². The molecule has 6 nitrogen and oxygen atoms in total. The molecule has 0 N–H and O–H groups in total. The molecule has 2 heterocycles. The van der Waals surface area contributed by atoms with Gasteiger partial charge < -0.3 is 0 Å². The van der Waals surface area contributed by atoms with Crippen molar-refractivity contribution in [1.82, 2.24) is 14.8 Å². The minimum Gasteiger partial charge on any atom is -0.267 e. The third-order valence-electron chi connectivity index (χ3n) is 6.42. The van der Waals surface area contributed by atoms with Gasteiger partial charge in [0, 0.05) is 17.0 Å². The number of halogens is 4. The molecule has 1 atom stereocenters. The number of hydrazone groups is 1. The van der Waals surface area contributed by atoms with Crippen molar-refractivity contribution in [2.24, 2.45) is 5.10 Å². The quantitative estimate of drug-likeness (QED) is 0.362. The number of benzene rings is 3. The van der Waals surface area contributed by atoms with Gasteiger partial charge in [-0.2, -0.15) is 15.2 Å². The van der Waals surface area contributed by atoms with Gasteiger partial charge in [-0.05, 0) is 55.3 Å². The van der Waals surface area contributed by atoms with E-state index in [0.29, 0.717) is 11.5 Å². The summed E-state index contributed by atoms with van der Waals surface area (Å²) in [5.41, 5.74) is 0.242. The lowest BCUT2D eigenvalue weighted by Crippen LogP contribution is -2.25. The maximum atomic E-state index is 15.1. The van der Waals surface area contributed by atoms with Crippen LogP contribution < -0.4 is 5.01 Å². The second-order valence-electron chi connectivity index (χ2n) is 8.74. The summed E-state index contributed by atoms with van der Waals surface area (Å²) >= 11 is 0. The molecule has 1 unspecified atom stereocenters. The highest BCUT2D eigenvalue weighted by molar-refractivity contribution is 6.36. The molecule has 1 aliphatic carbocycles. The molecule has 1 aliphatic heterocycles. The number of carbonyl (C=O) groups excluding carboxylic acids is 1. The van der Waals surface area contributed by atoms with Gasteiger partial charge in [-0.3, -0.25) is 4.79 Å². The maximum Gasteiger partial charge on any atom is 0.280 e. The Morgan fingerprint density at radius 3 is 2.43 bits per heavy atom. The fraction of sp³-hybridized carbons (Fsp3) is 0.111. The normalized spacial score (nSPS) is 16.4. The number of anilines is 1. The zero-order chi connectivity index (χ0) is 25.8. The Bertz CT molecular complexity index is 1660. The number of amides is 1. The zero-order valence-electron chi connectivity index (χ0n) is 19.3. The molecule has 0 saturated heterocycles. The number of aryl methyl sites for hydroxylation is 1. The number of fused-ring (bicyclic) bond motifs is 3. The van der Waals surface area contributed by atoms with Gasteiger partial charge in [0.05, 0.1) is 11.3 Å². The average molecular weight is 503 g/mol. The van der Waals surface area contributed by atoms with Gasteiger partial charge in [0.25, 0.3) is 5.91 Å². The van der Waals surface area contributed by atoms with E-state index < -0.39 is 35.1 Å². The van der Waals surface area contributed by atoms with Gasteiger partial charge in [0.2, 0.25) is 0 Å². The fourth-order valence-electron chi connectivity index (χ4n) is 4.70. The van der Waals surface area contributed by atoms with Crippen LogP contribution in [-0.4, -0.2) is 26.4 Å². The lowest BCUT2D eigenvalue weighted by molar-refractivity contribution is -0.114. The standard InChI is InChI=1S/C27H17F4N5O/c1-14-32-13-35(33-14)17-7-6-15(22(31)12-17)10-16-11-18-26(25-21(30)9-8-20(29)24(16)25)34-36(27(18)37)23-5-3-2-4-19(23)28/h2-9,11-13,16H,10H2,1H3. The van der Waals surface area contributed by atoms with E-state index in [1.54, 1.807) is 13.0 Å². The summed E-state index contributed by atoms with van der Waals surface area (Å²) in [6.07, 6.45) is 2.85. The first-order chi connectivity index (χ1) is 17.8. The van der Waals surface area contributed by atoms with E-state index in [1.165, 1.54) is 53.5 Å². The molecule has 10 heteroatoms. The van der Waals surface area contributed by atoms with E-state index in [-0.39, 0.29) is 40.1 Å². The Morgan fingerprint density at radius 1 is 0.919 bits per heavy atom. The molecule has 0 radical (unpaired) electrons. The minimum absolute atomic E-state index is 0.000345. The number of carbonyl (C=O) groups is 1. The lowest BCUT2D eigenvalue weighted by atomic mass is 9.79. The van der Waals surface area contributed by atoms with Crippen LogP contribution in [0.2, 0.25) is 0 Å². The van der Waals surface area contributed by atoms with Crippen molar-refractivity contribution in [2.45, 2.75) is 19.3 Å². The summed E-state index contributed by atoms with van der Waals surface area (Å²) in [5.74, 6) is -3.81. The minimum atomic E-state index is -0.877. The average Bonchev–Trinajstić information content (AvgIpc) is 3.46. The van der Waals surface area contributed by atoms with E-state index >= 15 is 13.2 Å². The van der Waals surface area contributed by atoms with E-state index in [1.807, 2.05) is 0 Å². The number of hydrogen-bond donors (Lipinski definition) is 0. The van der Waals surface area contributed by atoms with Gasteiger partial charge in [-0.1, -0.05) is 24.3 Å². The Hall–Kier alpha value is -4.60. The van der Waals surface area contributed by atoms with Crippen molar-refractivity contribution in [3.8, 4) is 5.69 Å². The van der Waals surface area contributed by atoms with Crippen LogP contribution in [0.4, 0.5) is 23.2 Å². The summed E-state index contributed by atoms with van der Waals surface area (Å²) < 4.78 is 61.2. The molecule has 2 aliphatic rings. The summed E-state index contributed by atoms with van der Waals surface area (Å²) in [4.78, 5) is 17.3. The molecule has 6 rings (SSSR count). The van der Waals surface area contributed by atoms with Crippen LogP contribution in [0.15, 0.2) is 77.7 Å². The second kappa shape index (κ2) is 8.51. The van der Waals surface area contributed by atoms with Crippen molar-refractivity contribution in [3.05, 3.63) is 118 Å². The van der Waals surface area contributed by atoms with Crippen molar-refractivity contribution in [1.29, 1.82) is 0 Å². The lowest BCUT2D eigenvalue weighted by Gasteiger charge is -2.24. The van der Waals surface area contributed by atoms with Gasteiger partial charge >= 0.3 is 0 Å². The molecule has 4 aromatic rings. The largest absolute Gasteiger partial charge is 0.280 e. The molecule has 37 heavy (non-hydrogen) atoms. The SMILES string of the molecule is Cc1ncn(-c2ccc(CC3C=C4C(=O)N(c5ccccc5F)N=C4c4c(F)ccc(F)c43)c(F)c2)n1. The third-order valence-corrected chi connectivity index (χ3v) is 6.42. The molecule has 1 aromatic heterocycles. The van der Waals surface area contributed by atoms with Gasteiger partial charge in [0.1, 0.15) is 46.8 Å². The van der Waals surface area contributed by atoms with Crippen molar-refractivity contribution in [3.63, 3.8) is 0 Å². The van der Waals surface area contributed by atoms with Crippen LogP contribution in [0.25, 0.3) is 5.69 Å². The molecule has 1 amide bonds. The smallest absolute Gasteiger partial charge is 0.267 e. The summed E-state index contributed by atoms with van der Waals surface area (Å²) in [7, 11) is 0. The van der Waals surface area contributed by atoms with E-state index in [0.717, 1.165) is 17.1 Å². The van der Waals surface area contributed by atoms with Crippen molar-refractivity contribution < 1.29 is 22.4 Å². The molecular formula is C27H17F4N5O. The second-order valence-corrected chi connectivity index (χ2v) is 8.74. The monoisotopic (exact) mass is 503 g/mol. The first-order valence-corrected chi connectivity index (χ1v) is 11.4. The highest BCUT2D eigenvalue weighted by Crippen LogP contribution is 2.40. The van der Waals surface area contributed by atoms with Gasteiger partial charge in [-0.25, -0.2) is 27.2 Å². The Morgan fingerprint density at radius 2 is 1.70 bits per heavy atom. The maximum absolute atomic E-state index is 15.1. The molecule has 3 aromatic carbocycles. The van der Waals surface area contributed by atoms with E-state index in [2.05, 4.69) is 15.2 Å². The van der Waals surface area contributed by atoms with E-state index in [9.17, 15) is 9.18 Å². The fourth-order valence-corrected chi connectivity index (χ4v) is 4.70. The molecule has 0 fully saturated rings. The molecule has 0 spiro atoms. The molecule has 0 bridgehead atoms. The van der Waals surface area contributed by atoms with Crippen molar-refractivity contribution in [2.75, 3.05) is 5.01 Å². The highest BCUT2D eigenvalue weighted by atomic mass is 19.1. The molecule has 184 valence electrons. The van der Waals surface area contributed by atoms with Crippen LogP contribution in [0.1, 0.15) is 28.4 Å². The van der Waals surface area contributed by atoms with Crippen LogP contribution in [0.3, 0.4) is 0 Å². The summed E-state index contributed by atoms with van der Waals surface area (Å²) in [5, 5.41) is 9.16. The first-order valence-electron chi connectivity index (χ1n) is 11.4. The van der Waals surface area contributed by atoms with Gasteiger partial charge in [-0.15, -0.1) is 0 Å². The molecule has 0 saturated carbocycles. The van der Waals surface area contributed by atoms with Crippen LogP contribution in [0.5, 0.6) is 0 Å². The highest BCUT2D eigenvalue weighted by Gasteiger charge is 2.41. The predicted molar refractivity (Wildman–Crippen MR) is 127 cm³/mol. The van der Waals surface area contributed by atoms with Crippen LogP contribution in [0, 0.1) is 30.2 Å². The van der Waals surface area contributed by atoms with Crippen LogP contribution >= 0.6 is 0 Å². The first kappa shape index (κ1) is 22.8. The topological polar surface area (TPSA) is 63.4 Å². The Labute approximate surface area is 208 Å². The van der Waals surface area contributed by atoms with Crippen LogP contribution in [-0.2, 0) is 11.2 Å². The Kier molecular flexibility index (Phi) is 5.25. The third kappa shape index (κ3) is 3.72. The van der Waals surface area contributed by atoms with E-state index in [4.69, 9.17) is 0 Å². The zero-order valence-corrected chi connectivity index (χ0v) is 19.3. The number of rotatable bonds is 4. The number of hydrogen-bond acceptors (Lipinski definition) is 4. The number of para-hydroxylation sites is 1. The number of nitrogens with zero attached hydrogens (tertiary/aromatic N) is 5. The number of allylic oxidation sites excluding steroid dienone is 1. The number of aromatic nitrogens is 3. The van der Waals surface area contributed by atoms with Gasteiger partial charge in [0.15, 0.2) is 0 Å².